The maximum atomic E-state index is 10.8. The average Bonchev–Trinajstić information content (AvgIpc) is 2.72. The van der Waals surface area contributed by atoms with E-state index >= 15 is 0 Å². The van der Waals surface area contributed by atoms with Gasteiger partial charge in [-0.15, -0.1) is 0 Å². The van der Waals surface area contributed by atoms with Gasteiger partial charge in [-0.25, -0.2) is 0 Å². The van der Waals surface area contributed by atoms with Gasteiger partial charge in [-0.2, -0.15) is 0 Å². The predicted octanol–water partition coefficient (Wildman–Crippen LogP) is 1.61. The van der Waals surface area contributed by atoms with Gasteiger partial charge in [0, 0.05) is 12.6 Å². The molecule has 0 unspecified atom stereocenters. The molecule has 0 aliphatic carbocycles. The van der Waals surface area contributed by atoms with E-state index in [9.17, 15) is 10.1 Å². The lowest BCUT2D eigenvalue weighted by Crippen LogP contribution is -1.98. The van der Waals surface area contributed by atoms with Gasteiger partial charge < -0.3 is 20.0 Å². The third-order valence-corrected chi connectivity index (χ3v) is 2.39. The van der Waals surface area contributed by atoms with Crippen LogP contribution in [0.15, 0.2) is 30.6 Å². The van der Waals surface area contributed by atoms with Crippen molar-refractivity contribution in [2.45, 2.75) is 6.61 Å². The van der Waals surface area contributed by atoms with Crippen LogP contribution in [0.25, 0.3) is 0 Å². The Morgan fingerprint density at radius 2 is 2.22 bits per heavy atom. The largest absolute Gasteiger partial charge is 0.433 e. The number of aliphatic hydroxyl groups excluding tert-OH is 1. The Kier molecular flexibility index (Phi) is 3.24. The third kappa shape index (κ3) is 2.16. The highest BCUT2D eigenvalue weighted by molar-refractivity contribution is 5.41. The Morgan fingerprint density at radius 3 is 2.89 bits per heavy atom. The standard InChI is InChI=1S/C11H11N3O4/c1-13-7-12-10(14(16)17)11(13)18-9-5-3-2-4-8(9)6-15/h2-5,7,15H,6H2,1H3. The molecule has 0 saturated carbocycles. The minimum Gasteiger partial charge on any atom is -0.433 e. The smallest absolute Gasteiger partial charge is 0.427 e. The summed E-state index contributed by atoms with van der Waals surface area (Å²) in [6.07, 6.45) is 1.30. The summed E-state index contributed by atoms with van der Waals surface area (Å²) >= 11 is 0. The lowest BCUT2D eigenvalue weighted by molar-refractivity contribution is -0.390. The number of nitro groups is 1. The fourth-order valence-electron chi connectivity index (χ4n) is 1.49. The van der Waals surface area contributed by atoms with Crippen molar-refractivity contribution in [2.24, 2.45) is 7.05 Å². The summed E-state index contributed by atoms with van der Waals surface area (Å²) in [5.74, 6) is 0.0397. The first kappa shape index (κ1) is 12.1. The van der Waals surface area contributed by atoms with E-state index in [0.717, 1.165) is 0 Å². The lowest BCUT2D eigenvalue weighted by atomic mass is 10.2. The number of imidazole rings is 1. The van der Waals surface area contributed by atoms with Crippen molar-refractivity contribution >= 4 is 5.82 Å². The van der Waals surface area contributed by atoms with Crippen LogP contribution in [0.1, 0.15) is 5.56 Å². The van der Waals surface area contributed by atoms with Gasteiger partial charge in [0.2, 0.25) is 6.33 Å². The number of ether oxygens (including phenoxy) is 1. The molecule has 0 fully saturated rings. The molecule has 1 N–H and O–H groups in total. The molecule has 1 aromatic carbocycles. The lowest BCUT2D eigenvalue weighted by Gasteiger charge is -2.08. The van der Waals surface area contributed by atoms with Gasteiger partial charge in [0.05, 0.1) is 6.61 Å². The molecule has 94 valence electrons. The summed E-state index contributed by atoms with van der Waals surface area (Å²) in [5, 5.41) is 19.9. The Balaban J connectivity index is 2.39. The maximum absolute atomic E-state index is 10.8. The first-order chi connectivity index (χ1) is 8.63. The van der Waals surface area contributed by atoms with Crippen LogP contribution in [0.5, 0.6) is 11.6 Å². The van der Waals surface area contributed by atoms with E-state index in [2.05, 4.69) is 4.98 Å². The zero-order chi connectivity index (χ0) is 13.1. The van der Waals surface area contributed by atoms with E-state index in [0.29, 0.717) is 11.3 Å². The molecule has 2 rings (SSSR count). The number of hydrogen-bond acceptors (Lipinski definition) is 5. The number of aliphatic hydroxyl groups is 1. The molecular formula is C11H11N3O4. The van der Waals surface area contributed by atoms with Crippen LogP contribution < -0.4 is 4.74 Å². The summed E-state index contributed by atoms with van der Waals surface area (Å²) in [7, 11) is 1.59. The van der Waals surface area contributed by atoms with Crippen LogP contribution in [-0.4, -0.2) is 19.6 Å². The molecule has 0 atom stereocenters. The molecule has 0 aliphatic heterocycles. The first-order valence-corrected chi connectivity index (χ1v) is 5.15. The molecule has 18 heavy (non-hydrogen) atoms. The fourth-order valence-corrected chi connectivity index (χ4v) is 1.49. The van der Waals surface area contributed by atoms with Crippen LogP contribution in [0, 0.1) is 10.1 Å². The summed E-state index contributed by atoms with van der Waals surface area (Å²) in [5.41, 5.74) is 0.549. The first-order valence-electron chi connectivity index (χ1n) is 5.15. The number of nitrogens with zero attached hydrogens (tertiary/aromatic N) is 3. The van der Waals surface area contributed by atoms with E-state index in [4.69, 9.17) is 9.84 Å². The molecule has 0 radical (unpaired) electrons. The Bertz CT molecular complexity index is 579. The molecule has 1 heterocycles. The topological polar surface area (TPSA) is 90.4 Å². The SMILES string of the molecule is Cn1cnc([N+](=O)[O-])c1Oc1ccccc1CO. The fraction of sp³-hybridized carbons (Fsp3) is 0.182. The van der Waals surface area contributed by atoms with Crippen LogP contribution >= 0.6 is 0 Å². The highest BCUT2D eigenvalue weighted by Crippen LogP contribution is 2.31. The number of para-hydroxylation sites is 1. The van der Waals surface area contributed by atoms with Crippen LogP contribution in [0.3, 0.4) is 0 Å². The van der Waals surface area contributed by atoms with E-state index in [1.165, 1.54) is 10.9 Å². The monoisotopic (exact) mass is 249 g/mol. The minimum atomic E-state index is -0.614. The second kappa shape index (κ2) is 4.84. The number of aromatic nitrogens is 2. The summed E-state index contributed by atoms with van der Waals surface area (Å²) in [6.45, 7) is -0.207. The van der Waals surface area contributed by atoms with Gasteiger partial charge in [0.15, 0.2) is 0 Å². The summed E-state index contributed by atoms with van der Waals surface area (Å²) in [4.78, 5) is 13.8. The van der Waals surface area contributed by atoms with Gasteiger partial charge in [-0.05, 0) is 16.0 Å². The molecule has 0 amide bonds. The Hall–Kier alpha value is -2.41. The van der Waals surface area contributed by atoms with Crippen LogP contribution in [0.2, 0.25) is 0 Å². The molecular weight excluding hydrogens is 238 g/mol. The van der Waals surface area contributed by atoms with Crippen molar-refractivity contribution in [2.75, 3.05) is 0 Å². The summed E-state index contributed by atoms with van der Waals surface area (Å²) in [6, 6.07) is 6.77. The molecule has 0 aliphatic rings. The van der Waals surface area contributed by atoms with E-state index in [-0.39, 0.29) is 18.3 Å². The second-order valence-electron chi connectivity index (χ2n) is 3.61. The molecule has 2 aromatic rings. The van der Waals surface area contributed by atoms with E-state index in [1.807, 2.05) is 0 Å². The molecule has 0 saturated heterocycles. The number of hydrogen-bond donors (Lipinski definition) is 1. The van der Waals surface area contributed by atoms with Gasteiger partial charge in [-0.1, -0.05) is 18.2 Å². The van der Waals surface area contributed by atoms with Crippen LogP contribution in [0.4, 0.5) is 5.82 Å². The number of aryl methyl sites for hydroxylation is 1. The molecule has 7 heteroatoms. The Morgan fingerprint density at radius 1 is 1.50 bits per heavy atom. The zero-order valence-electron chi connectivity index (χ0n) is 9.61. The van der Waals surface area contributed by atoms with E-state index in [1.54, 1.807) is 31.3 Å². The van der Waals surface area contributed by atoms with Crippen molar-refractivity contribution in [3.63, 3.8) is 0 Å². The highest BCUT2D eigenvalue weighted by atomic mass is 16.6. The van der Waals surface area contributed by atoms with E-state index < -0.39 is 4.92 Å². The number of benzene rings is 1. The summed E-state index contributed by atoms with van der Waals surface area (Å²) < 4.78 is 6.87. The molecule has 7 nitrogen and oxygen atoms in total. The molecule has 0 bridgehead atoms. The van der Waals surface area contributed by atoms with Crippen molar-refractivity contribution < 1.29 is 14.8 Å². The Labute approximate surface area is 102 Å². The van der Waals surface area contributed by atoms with Gasteiger partial charge in [0.25, 0.3) is 0 Å². The van der Waals surface area contributed by atoms with Crippen molar-refractivity contribution in [3.8, 4) is 11.6 Å². The van der Waals surface area contributed by atoms with Gasteiger partial charge >= 0.3 is 11.7 Å². The van der Waals surface area contributed by atoms with Crippen molar-refractivity contribution in [1.82, 2.24) is 9.55 Å². The van der Waals surface area contributed by atoms with Gasteiger partial charge in [0.1, 0.15) is 5.75 Å². The quantitative estimate of drug-likeness (QED) is 0.656. The normalized spacial score (nSPS) is 10.3. The third-order valence-electron chi connectivity index (χ3n) is 2.39. The van der Waals surface area contributed by atoms with Crippen molar-refractivity contribution in [3.05, 3.63) is 46.3 Å². The zero-order valence-corrected chi connectivity index (χ0v) is 9.61. The average molecular weight is 249 g/mol. The minimum absolute atomic E-state index is 0.0286. The van der Waals surface area contributed by atoms with Gasteiger partial charge in [-0.3, -0.25) is 4.57 Å². The maximum Gasteiger partial charge on any atom is 0.427 e. The molecule has 1 aromatic heterocycles. The second-order valence-corrected chi connectivity index (χ2v) is 3.61. The molecule has 0 spiro atoms. The number of rotatable bonds is 4. The van der Waals surface area contributed by atoms with Crippen LogP contribution in [-0.2, 0) is 13.7 Å². The van der Waals surface area contributed by atoms with Crippen molar-refractivity contribution in [1.29, 1.82) is 0 Å². The highest BCUT2D eigenvalue weighted by Gasteiger charge is 2.23. The predicted molar refractivity (Wildman–Crippen MR) is 62.3 cm³/mol.